The summed E-state index contributed by atoms with van der Waals surface area (Å²) in [7, 11) is 0. The van der Waals surface area contributed by atoms with Crippen molar-refractivity contribution in [1.82, 2.24) is 5.32 Å². The van der Waals surface area contributed by atoms with Gasteiger partial charge in [-0.15, -0.1) is 0 Å². The molecule has 0 aromatic heterocycles. The van der Waals surface area contributed by atoms with E-state index in [0.717, 1.165) is 13.1 Å². The summed E-state index contributed by atoms with van der Waals surface area (Å²) in [5.74, 6) is 1.02. The van der Waals surface area contributed by atoms with E-state index in [-0.39, 0.29) is 5.60 Å². The van der Waals surface area contributed by atoms with Crippen molar-refractivity contribution < 1.29 is 5.11 Å². The maximum atomic E-state index is 10.1. The van der Waals surface area contributed by atoms with Crippen molar-refractivity contribution in [3.8, 4) is 0 Å². The van der Waals surface area contributed by atoms with Crippen molar-refractivity contribution in [3.05, 3.63) is 0 Å². The van der Waals surface area contributed by atoms with E-state index in [9.17, 15) is 5.11 Å². The maximum absolute atomic E-state index is 10.1. The Morgan fingerprint density at radius 3 is 2.27 bits per heavy atom. The molecule has 1 aliphatic heterocycles. The molecule has 2 nitrogen and oxygen atoms in total. The van der Waals surface area contributed by atoms with Gasteiger partial charge in [0, 0.05) is 24.9 Å². The summed E-state index contributed by atoms with van der Waals surface area (Å²) in [6, 6.07) is 0. The average molecular weight is 155 g/mol. The summed E-state index contributed by atoms with van der Waals surface area (Å²) in [5.41, 5.74) is -0.372. The molecule has 2 bridgehead atoms. The highest BCUT2D eigenvalue weighted by molar-refractivity contribution is 4.97. The van der Waals surface area contributed by atoms with Gasteiger partial charge in [0.2, 0.25) is 0 Å². The van der Waals surface area contributed by atoms with Crippen molar-refractivity contribution in [2.75, 3.05) is 13.1 Å². The predicted octanol–water partition coefficient (Wildman–Crippen LogP) is 0.757. The van der Waals surface area contributed by atoms with Crippen LogP contribution in [0, 0.1) is 11.8 Å². The number of fused-ring (bicyclic) bond motifs is 2. The highest BCUT2D eigenvalue weighted by Gasteiger charge is 2.44. The monoisotopic (exact) mass is 155 g/mol. The second-order valence-electron chi connectivity index (χ2n) is 4.21. The number of hydrogen-bond acceptors (Lipinski definition) is 2. The number of hydrogen-bond donors (Lipinski definition) is 2. The SMILES string of the molecule is CC1(O)C2CCCC1CNC2. The van der Waals surface area contributed by atoms with Crippen LogP contribution in [0.15, 0.2) is 0 Å². The van der Waals surface area contributed by atoms with Crippen molar-refractivity contribution >= 4 is 0 Å². The van der Waals surface area contributed by atoms with Gasteiger partial charge in [-0.05, 0) is 19.8 Å². The molecule has 2 heteroatoms. The standard InChI is InChI=1S/C9H17NO/c1-9(11)7-3-2-4-8(9)6-10-5-7/h7-8,10-11H,2-6H2,1H3. The van der Waals surface area contributed by atoms with E-state index in [0.29, 0.717) is 11.8 Å². The molecule has 64 valence electrons. The van der Waals surface area contributed by atoms with Gasteiger partial charge in [-0.2, -0.15) is 0 Å². The Hall–Kier alpha value is -0.0800. The first-order valence-corrected chi connectivity index (χ1v) is 4.64. The lowest BCUT2D eigenvalue weighted by Gasteiger charge is -2.47. The van der Waals surface area contributed by atoms with Crippen LogP contribution < -0.4 is 5.32 Å². The van der Waals surface area contributed by atoms with Gasteiger partial charge in [-0.3, -0.25) is 0 Å². The molecule has 0 aromatic rings. The summed E-state index contributed by atoms with van der Waals surface area (Å²) < 4.78 is 0. The van der Waals surface area contributed by atoms with Gasteiger partial charge in [-0.1, -0.05) is 6.42 Å². The molecule has 1 heterocycles. The highest BCUT2D eigenvalue weighted by Crippen LogP contribution is 2.39. The zero-order valence-corrected chi connectivity index (χ0v) is 7.14. The van der Waals surface area contributed by atoms with Gasteiger partial charge in [-0.25, -0.2) is 0 Å². The molecule has 0 aromatic carbocycles. The lowest BCUT2D eigenvalue weighted by Crippen LogP contribution is -2.57. The molecule has 2 aliphatic rings. The van der Waals surface area contributed by atoms with Crippen molar-refractivity contribution in [2.24, 2.45) is 11.8 Å². The summed E-state index contributed by atoms with van der Waals surface area (Å²) in [4.78, 5) is 0. The lowest BCUT2D eigenvalue weighted by atomic mass is 9.67. The first-order valence-electron chi connectivity index (χ1n) is 4.64. The zero-order valence-electron chi connectivity index (χ0n) is 7.14. The van der Waals surface area contributed by atoms with Crippen LogP contribution >= 0.6 is 0 Å². The van der Waals surface area contributed by atoms with E-state index >= 15 is 0 Å². The van der Waals surface area contributed by atoms with Gasteiger partial charge in [0.05, 0.1) is 5.60 Å². The Morgan fingerprint density at radius 1 is 1.27 bits per heavy atom. The van der Waals surface area contributed by atoms with Crippen LogP contribution in [-0.2, 0) is 0 Å². The third-order valence-corrected chi connectivity index (χ3v) is 3.54. The number of aliphatic hydroxyl groups is 1. The number of nitrogens with one attached hydrogen (secondary N) is 1. The molecule has 0 radical (unpaired) electrons. The second-order valence-corrected chi connectivity index (χ2v) is 4.21. The van der Waals surface area contributed by atoms with Crippen LogP contribution in [0.1, 0.15) is 26.2 Å². The summed E-state index contributed by atoms with van der Waals surface area (Å²) in [5, 5.41) is 13.5. The fraction of sp³-hybridized carbons (Fsp3) is 1.00. The van der Waals surface area contributed by atoms with E-state index in [1.165, 1.54) is 19.3 Å². The Bertz CT molecular complexity index is 132. The maximum Gasteiger partial charge on any atom is 0.0700 e. The minimum atomic E-state index is -0.372. The van der Waals surface area contributed by atoms with Crippen LogP contribution in [0.4, 0.5) is 0 Å². The van der Waals surface area contributed by atoms with Crippen LogP contribution in [0.3, 0.4) is 0 Å². The topological polar surface area (TPSA) is 32.3 Å². The predicted molar refractivity (Wildman–Crippen MR) is 44.3 cm³/mol. The molecule has 1 saturated carbocycles. The van der Waals surface area contributed by atoms with E-state index < -0.39 is 0 Å². The van der Waals surface area contributed by atoms with Crippen LogP contribution in [0.2, 0.25) is 0 Å². The fourth-order valence-corrected chi connectivity index (χ4v) is 2.58. The Balaban J connectivity index is 2.17. The third-order valence-electron chi connectivity index (χ3n) is 3.54. The molecular weight excluding hydrogens is 138 g/mol. The largest absolute Gasteiger partial charge is 0.390 e. The molecule has 1 saturated heterocycles. The van der Waals surface area contributed by atoms with Crippen LogP contribution in [-0.4, -0.2) is 23.8 Å². The minimum absolute atomic E-state index is 0.372. The third kappa shape index (κ3) is 1.09. The van der Waals surface area contributed by atoms with Gasteiger partial charge in [0.15, 0.2) is 0 Å². The first-order chi connectivity index (χ1) is 5.21. The molecule has 2 fully saturated rings. The van der Waals surface area contributed by atoms with Crippen molar-refractivity contribution in [1.29, 1.82) is 0 Å². The quantitative estimate of drug-likeness (QED) is 0.541. The molecule has 2 N–H and O–H groups in total. The van der Waals surface area contributed by atoms with E-state index in [2.05, 4.69) is 5.32 Å². The van der Waals surface area contributed by atoms with E-state index in [4.69, 9.17) is 0 Å². The van der Waals surface area contributed by atoms with Crippen molar-refractivity contribution in [2.45, 2.75) is 31.8 Å². The minimum Gasteiger partial charge on any atom is -0.390 e. The van der Waals surface area contributed by atoms with Gasteiger partial charge in [0.25, 0.3) is 0 Å². The van der Waals surface area contributed by atoms with Crippen molar-refractivity contribution in [3.63, 3.8) is 0 Å². The molecule has 1 aliphatic carbocycles. The Kier molecular flexibility index (Phi) is 1.69. The second kappa shape index (κ2) is 2.46. The summed E-state index contributed by atoms with van der Waals surface area (Å²) >= 11 is 0. The lowest BCUT2D eigenvalue weighted by molar-refractivity contribution is -0.0950. The number of rotatable bonds is 0. The molecule has 2 atom stereocenters. The molecule has 11 heavy (non-hydrogen) atoms. The zero-order chi connectivity index (χ0) is 7.90. The van der Waals surface area contributed by atoms with E-state index in [1.54, 1.807) is 0 Å². The smallest absolute Gasteiger partial charge is 0.0700 e. The van der Waals surface area contributed by atoms with E-state index in [1.807, 2.05) is 6.92 Å². The fourth-order valence-electron chi connectivity index (χ4n) is 2.58. The average Bonchev–Trinajstić information content (AvgIpc) is 1.82. The molecule has 0 amide bonds. The normalized spacial score (nSPS) is 50.7. The molecule has 2 unspecified atom stereocenters. The number of piperidine rings is 1. The summed E-state index contributed by atoms with van der Waals surface area (Å²) in [6.45, 7) is 4.05. The first kappa shape index (κ1) is 7.56. The molecular formula is C9H17NO. The van der Waals surface area contributed by atoms with Crippen LogP contribution in [0.25, 0.3) is 0 Å². The molecule has 0 spiro atoms. The van der Waals surface area contributed by atoms with Gasteiger partial charge >= 0.3 is 0 Å². The Morgan fingerprint density at radius 2 is 1.82 bits per heavy atom. The van der Waals surface area contributed by atoms with Crippen LogP contribution in [0.5, 0.6) is 0 Å². The van der Waals surface area contributed by atoms with Gasteiger partial charge < -0.3 is 10.4 Å². The Labute approximate surface area is 68.0 Å². The van der Waals surface area contributed by atoms with Gasteiger partial charge in [0.1, 0.15) is 0 Å². The summed E-state index contributed by atoms with van der Waals surface area (Å²) in [6.07, 6.45) is 3.72. The molecule has 2 rings (SSSR count). The highest BCUT2D eigenvalue weighted by atomic mass is 16.3.